The highest BCUT2D eigenvalue weighted by atomic mass is 16.9. The van der Waals surface area contributed by atoms with E-state index in [1.807, 2.05) is 0 Å². The van der Waals surface area contributed by atoms with Crippen LogP contribution in [0.15, 0.2) is 42.5 Å². The van der Waals surface area contributed by atoms with Gasteiger partial charge in [-0.1, -0.05) is 17.7 Å². The Bertz CT molecular complexity index is 1030. The average molecular weight is 454 g/mol. The number of nitrogens with zero attached hydrogens (tertiary/aromatic N) is 4. The molecular formula is C23H26N4O6. The average Bonchev–Trinajstić information content (AvgIpc) is 3.04. The fraction of sp³-hybridized carbons (Fsp3) is 0.391. The molecule has 10 nitrogen and oxygen atoms in total. The standard InChI is InChI=1S/C23H26N4O6/c1-17-2-4-18(5-3-17)25-10-8-24(9-11-25)12-14-32-19-6-7-20-21(16-19)23(29)26(22(20)28)13-15-33-27(30)31/h2-7,16H,8-15H2,1H3. The second kappa shape index (κ2) is 9.86. The summed E-state index contributed by atoms with van der Waals surface area (Å²) in [6, 6.07) is 13.3. The van der Waals surface area contributed by atoms with E-state index in [0.29, 0.717) is 12.4 Å². The molecule has 0 aromatic heterocycles. The van der Waals surface area contributed by atoms with Gasteiger partial charge in [0.05, 0.1) is 17.7 Å². The van der Waals surface area contributed by atoms with Crippen molar-refractivity contribution in [1.29, 1.82) is 0 Å². The molecule has 10 heteroatoms. The molecule has 2 aliphatic heterocycles. The summed E-state index contributed by atoms with van der Waals surface area (Å²) in [5, 5.41) is 9.33. The van der Waals surface area contributed by atoms with Gasteiger partial charge in [0.2, 0.25) is 0 Å². The zero-order valence-electron chi connectivity index (χ0n) is 18.4. The smallest absolute Gasteiger partial charge is 0.294 e. The van der Waals surface area contributed by atoms with E-state index >= 15 is 0 Å². The van der Waals surface area contributed by atoms with Crippen LogP contribution in [-0.4, -0.2) is 79.2 Å². The Labute approximate surface area is 191 Å². The number of rotatable bonds is 9. The van der Waals surface area contributed by atoms with Crippen LogP contribution in [0.3, 0.4) is 0 Å². The topological polar surface area (TPSA) is 105 Å². The summed E-state index contributed by atoms with van der Waals surface area (Å²) >= 11 is 0. The summed E-state index contributed by atoms with van der Waals surface area (Å²) in [5.74, 6) is -0.476. The third-order valence-electron chi connectivity index (χ3n) is 5.90. The molecule has 2 aromatic rings. The second-order valence-electron chi connectivity index (χ2n) is 8.04. The van der Waals surface area contributed by atoms with E-state index in [0.717, 1.165) is 37.6 Å². The number of ether oxygens (including phenoxy) is 1. The molecule has 0 bridgehead atoms. The summed E-state index contributed by atoms with van der Waals surface area (Å²) in [4.78, 5) is 45.1. The fourth-order valence-corrected chi connectivity index (χ4v) is 4.05. The van der Waals surface area contributed by atoms with E-state index < -0.39 is 16.9 Å². The van der Waals surface area contributed by atoms with Crippen LogP contribution in [0, 0.1) is 17.0 Å². The van der Waals surface area contributed by atoms with Crippen molar-refractivity contribution in [3.05, 3.63) is 69.3 Å². The lowest BCUT2D eigenvalue weighted by Crippen LogP contribution is -2.47. The molecule has 4 rings (SSSR count). The molecule has 0 saturated carbocycles. The molecule has 0 N–H and O–H groups in total. The molecule has 2 aromatic carbocycles. The first-order valence-electron chi connectivity index (χ1n) is 10.9. The number of carbonyl (C=O) groups is 2. The molecule has 0 radical (unpaired) electrons. The number of aryl methyl sites for hydroxylation is 1. The molecule has 174 valence electrons. The van der Waals surface area contributed by atoms with Crippen molar-refractivity contribution < 1.29 is 24.3 Å². The minimum Gasteiger partial charge on any atom is -0.492 e. The van der Waals surface area contributed by atoms with Crippen molar-refractivity contribution in [3.8, 4) is 5.75 Å². The van der Waals surface area contributed by atoms with Crippen LogP contribution >= 0.6 is 0 Å². The van der Waals surface area contributed by atoms with Crippen LogP contribution in [0.1, 0.15) is 26.3 Å². The number of carbonyl (C=O) groups excluding carboxylic acids is 2. The van der Waals surface area contributed by atoms with E-state index in [1.54, 1.807) is 18.2 Å². The molecular weight excluding hydrogens is 428 g/mol. The van der Waals surface area contributed by atoms with Crippen molar-refractivity contribution in [2.24, 2.45) is 0 Å². The van der Waals surface area contributed by atoms with Gasteiger partial charge in [0.15, 0.2) is 0 Å². The maximum absolute atomic E-state index is 12.5. The molecule has 2 amide bonds. The lowest BCUT2D eigenvalue weighted by molar-refractivity contribution is -0.757. The molecule has 0 spiro atoms. The van der Waals surface area contributed by atoms with Crippen LogP contribution < -0.4 is 9.64 Å². The molecule has 2 heterocycles. The lowest BCUT2D eigenvalue weighted by Gasteiger charge is -2.36. The van der Waals surface area contributed by atoms with E-state index in [2.05, 4.69) is 45.8 Å². The van der Waals surface area contributed by atoms with Gasteiger partial charge < -0.3 is 14.5 Å². The quantitative estimate of drug-likeness (QED) is 0.322. The largest absolute Gasteiger partial charge is 0.492 e. The Morgan fingerprint density at radius 3 is 2.30 bits per heavy atom. The number of piperazine rings is 1. The molecule has 0 atom stereocenters. The monoisotopic (exact) mass is 454 g/mol. The van der Waals surface area contributed by atoms with Crippen molar-refractivity contribution >= 4 is 17.5 Å². The first-order chi connectivity index (χ1) is 15.9. The number of imide groups is 1. The highest BCUT2D eigenvalue weighted by Gasteiger charge is 2.35. The van der Waals surface area contributed by atoms with Crippen molar-refractivity contribution in [2.75, 3.05) is 57.4 Å². The zero-order valence-corrected chi connectivity index (χ0v) is 18.4. The van der Waals surface area contributed by atoms with Crippen molar-refractivity contribution in [2.45, 2.75) is 6.92 Å². The van der Waals surface area contributed by atoms with Gasteiger partial charge in [-0.2, -0.15) is 0 Å². The highest BCUT2D eigenvalue weighted by Crippen LogP contribution is 2.27. The third-order valence-corrected chi connectivity index (χ3v) is 5.90. The number of hydrogen-bond donors (Lipinski definition) is 0. The fourth-order valence-electron chi connectivity index (χ4n) is 4.05. The predicted octanol–water partition coefficient (Wildman–Crippen LogP) is 2.00. The number of amides is 2. The van der Waals surface area contributed by atoms with E-state index in [-0.39, 0.29) is 24.3 Å². The van der Waals surface area contributed by atoms with Gasteiger partial charge in [0, 0.05) is 38.4 Å². The highest BCUT2D eigenvalue weighted by molar-refractivity contribution is 6.21. The van der Waals surface area contributed by atoms with Crippen LogP contribution in [0.5, 0.6) is 5.75 Å². The second-order valence-corrected chi connectivity index (χ2v) is 8.04. The van der Waals surface area contributed by atoms with E-state index in [1.165, 1.54) is 11.3 Å². The van der Waals surface area contributed by atoms with Crippen molar-refractivity contribution in [3.63, 3.8) is 0 Å². The third kappa shape index (κ3) is 5.23. The summed E-state index contributed by atoms with van der Waals surface area (Å²) in [5.41, 5.74) is 3.00. The first-order valence-corrected chi connectivity index (χ1v) is 10.9. The van der Waals surface area contributed by atoms with Crippen LogP contribution in [-0.2, 0) is 4.84 Å². The van der Waals surface area contributed by atoms with Gasteiger partial charge in [-0.15, -0.1) is 10.1 Å². The van der Waals surface area contributed by atoms with Gasteiger partial charge in [-0.05, 0) is 37.3 Å². The van der Waals surface area contributed by atoms with Gasteiger partial charge in [-0.3, -0.25) is 19.4 Å². The Morgan fingerprint density at radius 2 is 1.61 bits per heavy atom. The summed E-state index contributed by atoms with van der Waals surface area (Å²) < 4.78 is 5.84. The minimum atomic E-state index is -0.952. The molecule has 33 heavy (non-hydrogen) atoms. The molecule has 1 fully saturated rings. The molecule has 1 saturated heterocycles. The molecule has 0 unspecified atom stereocenters. The Balaban J connectivity index is 1.25. The molecule has 0 aliphatic carbocycles. The Kier molecular flexibility index (Phi) is 6.74. The van der Waals surface area contributed by atoms with E-state index in [9.17, 15) is 19.7 Å². The SMILES string of the molecule is Cc1ccc(N2CCN(CCOc3ccc4c(c3)C(=O)N(CCO[N+](=O)[O-])C4=O)CC2)cc1. The van der Waals surface area contributed by atoms with Gasteiger partial charge >= 0.3 is 0 Å². The lowest BCUT2D eigenvalue weighted by atomic mass is 10.1. The summed E-state index contributed by atoms with van der Waals surface area (Å²) in [6.45, 7) is 6.55. The summed E-state index contributed by atoms with van der Waals surface area (Å²) in [7, 11) is 0. The molecule has 2 aliphatic rings. The Hall–Kier alpha value is -3.66. The van der Waals surface area contributed by atoms with Crippen LogP contribution in [0.2, 0.25) is 0 Å². The normalized spacial score (nSPS) is 16.2. The van der Waals surface area contributed by atoms with Crippen molar-refractivity contribution in [1.82, 2.24) is 9.80 Å². The maximum atomic E-state index is 12.5. The maximum Gasteiger partial charge on any atom is 0.294 e. The van der Waals surface area contributed by atoms with Crippen LogP contribution in [0.25, 0.3) is 0 Å². The van der Waals surface area contributed by atoms with Gasteiger partial charge in [0.25, 0.3) is 16.9 Å². The van der Waals surface area contributed by atoms with Gasteiger partial charge in [-0.25, -0.2) is 0 Å². The summed E-state index contributed by atoms with van der Waals surface area (Å²) in [6.07, 6.45) is 0. The Morgan fingerprint density at radius 1 is 0.909 bits per heavy atom. The number of hydrogen-bond acceptors (Lipinski definition) is 8. The minimum absolute atomic E-state index is 0.182. The number of fused-ring (bicyclic) bond motifs is 1. The van der Waals surface area contributed by atoms with Crippen LogP contribution in [0.4, 0.5) is 5.69 Å². The number of anilines is 1. The first kappa shape index (κ1) is 22.5. The number of benzene rings is 2. The van der Waals surface area contributed by atoms with Gasteiger partial charge in [0.1, 0.15) is 19.0 Å². The predicted molar refractivity (Wildman–Crippen MR) is 120 cm³/mol. The zero-order chi connectivity index (χ0) is 23.4. The van der Waals surface area contributed by atoms with E-state index in [4.69, 9.17) is 4.74 Å².